The van der Waals surface area contributed by atoms with Crippen molar-refractivity contribution < 1.29 is 0 Å². The molecule has 2 nitrogen and oxygen atoms in total. The fraction of sp³-hybridized carbons (Fsp3) is 0. The molecule has 0 unspecified atom stereocenters. The highest BCUT2D eigenvalue weighted by atomic mass is 32.1. The van der Waals surface area contributed by atoms with Crippen LogP contribution in [0.3, 0.4) is 0 Å². The Morgan fingerprint density at radius 1 is 1.18 bits per heavy atom. The second-order valence-corrected chi connectivity index (χ2v) is 2.07. The third kappa shape index (κ3) is 1.93. The van der Waals surface area contributed by atoms with Gasteiger partial charge >= 0.3 is 0 Å². The van der Waals surface area contributed by atoms with Gasteiger partial charge in [0.2, 0.25) is 0 Å². The molecule has 0 saturated heterocycles. The number of nitrogens with zero attached hydrogens (tertiary/aromatic N) is 2. The van der Waals surface area contributed by atoms with Crippen LogP contribution in [0.25, 0.3) is 4.25 Å². The molecule has 0 heterocycles. The van der Waals surface area contributed by atoms with Gasteiger partial charge in [0.1, 0.15) is 0 Å². The van der Waals surface area contributed by atoms with E-state index in [9.17, 15) is 0 Å². The Labute approximate surface area is 70.4 Å². The first-order valence-corrected chi connectivity index (χ1v) is 3.32. The molecule has 3 heteroatoms. The molecule has 0 aliphatic carbocycles. The van der Waals surface area contributed by atoms with E-state index in [4.69, 9.17) is 5.26 Å². The molecule has 1 aromatic carbocycles. The van der Waals surface area contributed by atoms with Crippen molar-refractivity contribution in [1.29, 1.82) is 5.26 Å². The van der Waals surface area contributed by atoms with Crippen LogP contribution in [0.15, 0.2) is 24.3 Å². The molecule has 0 atom stereocenters. The highest BCUT2D eigenvalue weighted by Gasteiger charge is 1.92. The van der Waals surface area contributed by atoms with Crippen LogP contribution in [-0.4, -0.2) is 0 Å². The summed E-state index contributed by atoms with van der Waals surface area (Å²) in [5.74, 6) is 0. The molecule has 0 radical (unpaired) electrons. The van der Waals surface area contributed by atoms with Crippen molar-refractivity contribution in [2.24, 2.45) is 0 Å². The third-order valence-corrected chi connectivity index (χ3v) is 1.28. The molecule has 11 heavy (non-hydrogen) atoms. The monoisotopic (exact) mass is 160 g/mol. The van der Waals surface area contributed by atoms with Gasteiger partial charge < -0.3 is 0 Å². The lowest BCUT2D eigenvalue weighted by atomic mass is 10.2. The maximum Gasteiger partial charge on any atom is 0.291 e. The summed E-state index contributed by atoms with van der Waals surface area (Å²) in [6.07, 6.45) is 0. The lowest BCUT2D eigenvalue weighted by Crippen LogP contribution is -1.74. The first-order chi connectivity index (χ1) is 5.36. The molecule has 0 aliphatic heterocycles. The number of hydrogen-bond donors (Lipinski definition) is 0. The summed E-state index contributed by atoms with van der Waals surface area (Å²) in [4.78, 5) is 0. The lowest BCUT2D eigenvalue weighted by Gasteiger charge is -1.84. The van der Waals surface area contributed by atoms with Crippen LogP contribution in [0.2, 0.25) is 0 Å². The van der Waals surface area contributed by atoms with E-state index in [1.54, 1.807) is 24.3 Å². The normalized spacial score (nSPS) is 7.55. The topological polar surface area (TPSA) is 28.1 Å². The third-order valence-electron chi connectivity index (χ3n) is 1.19. The number of hydrogen-bond acceptors (Lipinski definition) is 2. The minimum Gasteiger partial charge on any atom is -0.263 e. The fourth-order valence-electron chi connectivity index (χ4n) is 0.672. The van der Waals surface area contributed by atoms with Crippen LogP contribution in [-0.2, 0) is 12.8 Å². The van der Waals surface area contributed by atoms with Gasteiger partial charge in [0.25, 0.3) is 6.07 Å². The Kier molecular flexibility index (Phi) is 2.43. The number of rotatable bonds is 0. The molecule has 0 N–H and O–H groups in total. The van der Waals surface area contributed by atoms with E-state index in [1.165, 1.54) is 0 Å². The van der Waals surface area contributed by atoms with Crippen molar-refractivity contribution >= 4 is 12.8 Å². The zero-order valence-corrected chi connectivity index (χ0v) is 6.43. The van der Waals surface area contributed by atoms with Gasteiger partial charge in [-0.25, -0.2) is 0 Å². The van der Waals surface area contributed by atoms with Gasteiger partial charge in [0, 0.05) is 0 Å². The van der Waals surface area contributed by atoms with Crippen molar-refractivity contribution in [2.75, 3.05) is 0 Å². The predicted molar refractivity (Wildman–Crippen MR) is 44.9 cm³/mol. The maximum atomic E-state index is 8.44. The predicted octanol–water partition coefficient (Wildman–Crippen LogP) is 1.70. The Balaban J connectivity index is 3.00. The van der Waals surface area contributed by atoms with Crippen molar-refractivity contribution in [1.82, 2.24) is 0 Å². The van der Waals surface area contributed by atoms with Gasteiger partial charge in [-0.3, -0.25) is 12.8 Å². The summed E-state index contributed by atoms with van der Waals surface area (Å²) in [7, 11) is 0. The zero-order valence-electron chi connectivity index (χ0n) is 5.61. The first-order valence-electron chi connectivity index (χ1n) is 2.95. The van der Waals surface area contributed by atoms with Gasteiger partial charge in [-0.1, -0.05) is 0 Å². The van der Waals surface area contributed by atoms with E-state index >= 15 is 0 Å². The molecular weight excluding hydrogens is 156 g/mol. The molecule has 1 rings (SSSR count). The molecule has 0 bridgehead atoms. The molecule has 0 amide bonds. The largest absolute Gasteiger partial charge is 0.291 e. The highest BCUT2D eigenvalue weighted by molar-refractivity contribution is 7.61. The van der Waals surface area contributed by atoms with Gasteiger partial charge in [-0.15, -0.1) is 0 Å². The van der Waals surface area contributed by atoms with Gasteiger partial charge in [-0.2, -0.15) is 9.51 Å². The van der Waals surface area contributed by atoms with E-state index in [-0.39, 0.29) is 0 Å². The van der Waals surface area contributed by atoms with Gasteiger partial charge in [0.15, 0.2) is 0 Å². The minimum absolute atomic E-state index is 0.625. The van der Waals surface area contributed by atoms with Gasteiger partial charge in [0.05, 0.1) is 17.2 Å². The van der Waals surface area contributed by atoms with Crippen molar-refractivity contribution in [3.05, 3.63) is 39.6 Å². The lowest BCUT2D eigenvalue weighted by molar-refractivity contribution is 1.48. The fourth-order valence-corrected chi connectivity index (χ4v) is 0.777. The van der Waals surface area contributed by atoms with E-state index < -0.39 is 0 Å². The number of benzene rings is 1. The highest BCUT2D eigenvalue weighted by Crippen LogP contribution is 2.01. The summed E-state index contributed by atoms with van der Waals surface area (Å²) < 4.78 is 3.31. The van der Waals surface area contributed by atoms with Gasteiger partial charge in [-0.05, 0) is 24.3 Å². The Morgan fingerprint density at radius 2 is 1.73 bits per heavy atom. The van der Waals surface area contributed by atoms with Crippen LogP contribution in [0.4, 0.5) is 0 Å². The summed E-state index contributed by atoms with van der Waals surface area (Å²) in [5, 5.41) is 8.44. The Hall–Kier alpha value is -1.58. The number of nitriles is 1. The average Bonchev–Trinajstić information content (AvgIpc) is 2.07. The first kappa shape index (κ1) is 7.53. The molecule has 1 aromatic rings. The Bertz CT molecular complexity index is 337. The SMILES string of the molecule is N#Cc1ccc(C#[N+][S-])cc1. The minimum atomic E-state index is 0.625. The molecular formula is C8H4N2S. The van der Waals surface area contributed by atoms with Crippen LogP contribution in [0.5, 0.6) is 0 Å². The summed E-state index contributed by atoms with van der Waals surface area (Å²) in [6, 6.07) is 11.5. The van der Waals surface area contributed by atoms with Crippen LogP contribution in [0.1, 0.15) is 11.1 Å². The summed E-state index contributed by atoms with van der Waals surface area (Å²) in [6.45, 7) is 0. The van der Waals surface area contributed by atoms with Crippen molar-refractivity contribution in [3.8, 4) is 12.1 Å². The maximum absolute atomic E-state index is 8.44. The second-order valence-electron chi connectivity index (χ2n) is 1.89. The molecule has 0 fully saturated rings. The standard InChI is InChI=1S/C8H4N2S/c9-5-7-1-3-8(4-2-7)6-10-11/h1-4H. The van der Waals surface area contributed by atoms with Crippen LogP contribution < -0.4 is 0 Å². The van der Waals surface area contributed by atoms with E-state index in [2.05, 4.69) is 23.1 Å². The van der Waals surface area contributed by atoms with Crippen LogP contribution in [0, 0.1) is 17.4 Å². The van der Waals surface area contributed by atoms with Crippen molar-refractivity contribution in [2.45, 2.75) is 0 Å². The van der Waals surface area contributed by atoms with E-state index in [1.807, 2.05) is 6.07 Å². The van der Waals surface area contributed by atoms with E-state index in [0.29, 0.717) is 5.56 Å². The molecule has 0 aromatic heterocycles. The molecule has 52 valence electrons. The average molecular weight is 160 g/mol. The summed E-state index contributed by atoms with van der Waals surface area (Å²) >= 11 is 4.34. The molecule has 0 spiro atoms. The van der Waals surface area contributed by atoms with Crippen molar-refractivity contribution in [3.63, 3.8) is 0 Å². The second kappa shape index (κ2) is 3.55. The van der Waals surface area contributed by atoms with Crippen LogP contribution >= 0.6 is 0 Å². The van der Waals surface area contributed by atoms with E-state index in [0.717, 1.165) is 5.56 Å². The molecule has 0 aliphatic rings. The molecule has 0 saturated carbocycles. The smallest absolute Gasteiger partial charge is 0.263 e. The quantitative estimate of drug-likeness (QED) is 0.540. The zero-order chi connectivity index (χ0) is 8.10. The Morgan fingerprint density at radius 3 is 2.18 bits per heavy atom. The summed E-state index contributed by atoms with van der Waals surface area (Å²) in [5.41, 5.74) is 1.42.